The zero-order chi connectivity index (χ0) is 10.7. The molecule has 0 fully saturated rings. The molecule has 0 aliphatic rings. The number of halogens is 1. The minimum Gasteiger partial charge on any atom is -0.380 e. The third-order valence-electron chi connectivity index (χ3n) is 1.91. The van der Waals surface area contributed by atoms with Crippen molar-refractivity contribution in [1.82, 2.24) is 25.0 Å². The summed E-state index contributed by atoms with van der Waals surface area (Å²) in [4.78, 5) is 7.89. The highest BCUT2D eigenvalue weighted by Crippen LogP contribution is 2.15. The van der Waals surface area contributed by atoms with Gasteiger partial charge >= 0.3 is 0 Å². The molecule has 0 saturated heterocycles. The Morgan fingerprint density at radius 1 is 1.47 bits per heavy atom. The largest absolute Gasteiger partial charge is 0.380 e. The summed E-state index contributed by atoms with van der Waals surface area (Å²) in [6.45, 7) is 3.81. The van der Waals surface area contributed by atoms with Crippen LogP contribution in [0.15, 0.2) is 6.33 Å². The van der Waals surface area contributed by atoms with E-state index in [1.165, 1.54) is 6.33 Å². The van der Waals surface area contributed by atoms with Gasteiger partial charge in [0.1, 0.15) is 6.33 Å². The summed E-state index contributed by atoms with van der Waals surface area (Å²) < 4.78 is 6.87. The van der Waals surface area contributed by atoms with Crippen molar-refractivity contribution in [3.8, 4) is 0 Å². The van der Waals surface area contributed by atoms with E-state index in [1.54, 1.807) is 4.68 Å². The van der Waals surface area contributed by atoms with Gasteiger partial charge in [-0.3, -0.25) is 0 Å². The van der Waals surface area contributed by atoms with Crippen LogP contribution in [0.3, 0.4) is 0 Å². The van der Waals surface area contributed by atoms with Crippen LogP contribution in [0.5, 0.6) is 0 Å². The van der Waals surface area contributed by atoms with Crippen molar-refractivity contribution in [3.05, 3.63) is 11.5 Å². The molecule has 2 aromatic heterocycles. The van der Waals surface area contributed by atoms with Gasteiger partial charge in [0.05, 0.1) is 13.2 Å². The molecule has 0 aromatic carbocycles. The number of hydrogen-bond donors (Lipinski definition) is 0. The predicted molar refractivity (Wildman–Crippen MR) is 54.6 cm³/mol. The molecule has 0 N–H and O–H groups in total. The average Bonchev–Trinajstić information content (AvgIpc) is 2.64. The zero-order valence-corrected chi connectivity index (χ0v) is 8.98. The van der Waals surface area contributed by atoms with E-state index < -0.39 is 0 Å². The molecule has 0 spiro atoms. The van der Waals surface area contributed by atoms with Crippen LogP contribution in [0.2, 0.25) is 5.15 Å². The summed E-state index contributed by atoms with van der Waals surface area (Å²) in [7, 11) is 0. The van der Waals surface area contributed by atoms with Crippen molar-refractivity contribution >= 4 is 22.8 Å². The van der Waals surface area contributed by atoms with E-state index in [4.69, 9.17) is 16.3 Å². The van der Waals surface area contributed by atoms with Crippen LogP contribution in [0.4, 0.5) is 0 Å². The van der Waals surface area contributed by atoms with E-state index >= 15 is 0 Å². The third kappa shape index (κ3) is 2.05. The van der Waals surface area contributed by atoms with Gasteiger partial charge in [-0.2, -0.15) is 0 Å². The van der Waals surface area contributed by atoms with Gasteiger partial charge < -0.3 is 4.74 Å². The highest BCUT2D eigenvalue weighted by Gasteiger charge is 2.09. The number of fused-ring (bicyclic) bond motifs is 1. The summed E-state index contributed by atoms with van der Waals surface area (Å²) in [6.07, 6.45) is 1.39. The molecule has 0 atom stereocenters. The topological polar surface area (TPSA) is 65.7 Å². The van der Waals surface area contributed by atoms with Gasteiger partial charge in [-0.1, -0.05) is 16.8 Å². The molecule has 15 heavy (non-hydrogen) atoms. The SMILES string of the molecule is CCOCCn1nnc2c(Cl)ncnc21. The summed E-state index contributed by atoms with van der Waals surface area (Å²) in [5, 5.41) is 8.15. The molecule has 0 aliphatic heterocycles. The first-order chi connectivity index (χ1) is 7.33. The summed E-state index contributed by atoms with van der Waals surface area (Å²) in [6, 6.07) is 0. The molecule has 2 heterocycles. The molecule has 80 valence electrons. The van der Waals surface area contributed by atoms with Crippen LogP contribution in [0, 0.1) is 0 Å². The highest BCUT2D eigenvalue weighted by molar-refractivity contribution is 6.33. The van der Waals surface area contributed by atoms with Crippen molar-refractivity contribution in [2.45, 2.75) is 13.5 Å². The normalized spacial score (nSPS) is 11.1. The van der Waals surface area contributed by atoms with E-state index in [0.717, 1.165) is 0 Å². The Morgan fingerprint density at radius 2 is 2.33 bits per heavy atom. The predicted octanol–water partition coefficient (Wildman–Crippen LogP) is 0.911. The van der Waals surface area contributed by atoms with Crippen molar-refractivity contribution in [3.63, 3.8) is 0 Å². The van der Waals surface area contributed by atoms with Crippen LogP contribution in [-0.2, 0) is 11.3 Å². The van der Waals surface area contributed by atoms with Gasteiger partial charge in [0.2, 0.25) is 0 Å². The van der Waals surface area contributed by atoms with Crippen molar-refractivity contribution < 1.29 is 4.74 Å². The van der Waals surface area contributed by atoms with E-state index in [-0.39, 0.29) is 0 Å². The molecule has 0 saturated carbocycles. The fourth-order valence-corrected chi connectivity index (χ4v) is 1.38. The smallest absolute Gasteiger partial charge is 0.183 e. The maximum Gasteiger partial charge on any atom is 0.183 e. The van der Waals surface area contributed by atoms with Crippen LogP contribution < -0.4 is 0 Å². The first-order valence-corrected chi connectivity index (χ1v) is 4.98. The summed E-state index contributed by atoms with van der Waals surface area (Å²) in [5.41, 5.74) is 1.16. The maximum absolute atomic E-state index is 5.83. The van der Waals surface area contributed by atoms with E-state index in [0.29, 0.717) is 36.1 Å². The molecule has 0 unspecified atom stereocenters. The lowest BCUT2D eigenvalue weighted by Crippen LogP contribution is -2.08. The Labute approximate surface area is 91.2 Å². The Bertz CT molecular complexity index is 457. The lowest BCUT2D eigenvalue weighted by Gasteiger charge is -2.01. The Hall–Kier alpha value is -1.27. The zero-order valence-electron chi connectivity index (χ0n) is 8.22. The fourth-order valence-electron chi connectivity index (χ4n) is 1.21. The quantitative estimate of drug-likeness (QED) is 0.574. The number of aromatic nitrogens is 5. The maximum atomic E-state index is 5.83. The molecular formula is C8H10ClN5O. The van der Waals surface area contributed by atoms with Gasteiger partial charge in [0.25, 0.3) is 0 Å². The van der Waals surface area contributed by atoms with Gasteiger partial charge in [0, 0.05) is 6.61 Å². The molecule has 2 rings (SSSR count). The number of hydrogen-bond acceptors (Lipinski definition) is 5. The highest BCUT2D eigenvalue weighted by atomic mass is 35.5. The van der Waals surface area contributed by atoms with E-state index in [2.05, 4.69) is 20.3 Å². The number of nitrogens with zero attached hydrogens (tertiary/aromatic N) is 5. The lowest BCUT2D eigenvalue weighted by molar-refractivity contribution is 0.136. The molecule has 0 bridgehead atoms. The van der Waals surface area contributed by atoms with Crippen LogP contribution in [0.25, 0.3) is 11.2 Å². The van der Waals surface area contributed by atoms with E-state index in [9.17, 15) is 0 Å². The second-order valence-electron chi connectivity index (χ2n) is 2.85. The second-order valence-corrected chi connectivity index (χ2v) is 3.20. The lowest BCUT2D eigenvalue weighted by atomic mass is 10.5. The molecule has 2 aromatic rings. The van der Waals surface area contributed by atoms with Crippen LogP contribution >= 0.6 is 11.6 Å². The first kappa shape index (κ1) is 10.3. The molecule has 0 aliphatic carbocycles. The molecular weight excluding hydrogens is 218 g/mol. The summed E-state index contributed by atoms with van der Waals surface area (Å²) >= 11 is 5.83. The van der Waals surface area contributed by atoms with Crippen LogP contribution in [-0.4, -0.2) is 38.2 Å². The minimum atomic E-state index is 0.322. The fraction of sp³-hybridized carbons (Fsp3) is 0.500. The number of rotatable bonds is 4. The molecule has 0 radical (unpaired) electrons. The summed E-state index contributed by atoms with van der Waals surface area (Å²) in [5.74, 6) is 0. The Balaban J connectivity index is 2.25. The van der Waals surface area contributed by atoms with Crippen molar-refractivity contribution in [1.29, 1.82) is 0 Å². The van der Waals surface area contributed by atoms with E-state index in [1.807, 2.05) is 6.92 Å². The Kier molecular flexibility index (Phi) is 3.08. The third-order valence-corrected chi connectivity index (χ3v) is 2.18. The van der Waals surface area contributed by atoms with Crippen molar-refractivity contribution in [2.24, 2.45) is 0 Å². The van der Waals surface area contributed by atoms with Gasteiger partial charge in [-0.05, 0) is 6.92 Å². The molecule has 7 heteroatoms. The number of ether oxygens (including phenoxy) is 1. The van der Waals surface area contributed by atoms with Gasteiger partial charge in [-0.15, -0.1) is 5.10 Å². The second kappa shape index (κ2) is 4.50. The Morgan fingerprint density at radius 3 is 3.13 bits per heavy atom. The monoisotopic (exact) mass is 227 g/mol. The van der Waals surface area contributed by atoms with Crippen LogP contribution in [0.1, 0.15) is 6.92 Å². The molecule has 0 amide bonds. The molecule has 6 nitrogen and oxygen atoms in total. The minimum absolute atomic E-state index is 0.322. The average molecular weight is 228 g/mol. The van der Waals surface area contributed by atoms with Crippen molar-refractivity contribution in [2.75, 3.05) is 13.2 Å². The van der Waals surface area contributed by atoms with Gasteiger partial charge in [0.15, 0.2) is 16.3 Å². The van der Waals surface area contributed by atoms with Gasteiger partial charge in [-0.25, -0.2) is 14.6 Å². The standard InChI is InChI=1S/C8H10ClN5O/c1-2-15-4-3-14-8-6(12-13-14)7(9)10-5-11-8/h5H,2-4H2,1H3. The first-order valence-electron chi connectivity index (χ1n) is 4.60.